The van der Waals surface area contributed by atoms with Gasteiger partial charge in [0, 0.05) is 24.3 Å². The van der Waals surface area contributed by atoms with Crippen molar-refractivity contribution in [2.24, 2.45) is 17.8 Å². The standard InChI is InChI=1S/C24H35N3/c1-2-4-20(5-3-1)18-25-10-8-24(9-11-25)27-14-12-26(13-15-27)19-23-17-21-6-7-22(23)16-21/h1-7,21-24H,8-19H2/p+3/t21-,22+,23-/m1/s1. The predicted molar refractivity (Wildman–Crippen MR) is 109 cm³/mol. The van der Waals surface area contributed by atoms with E-state index in [1.165, 1.54) is 83.6 Å². The summed E-state index contributed by atoms with van der Waals surface area (Å²) in [6.45, 7) is 11.1. The summed E-state index contributed by atoms with van der Waals surface area (Å²) in [6, 6.07) is 12.0. The fourth-order valence-corrected chi connectivity index (χ4v) is 6.53. The van der Waals surface area contributed by atoms with E-state index in [4.69, 9.17) is 0 Å². The highest BCUT2D eigenvalue weighted by atomic mass is 15.3. The molecular formula is C24H38N3+3. The Morgan fingerprint density at radius 2 is 1.56 bits per heavy atom. The fourth-order valence-electron chi connectivity index (χ4n) is 6.53. The second kappa shape index (κ2) is 8.06. The van der Waals surface area contributed by atoms with Gasteiger partial charge in [-0.1, -0.05) is 42.5 Å². The lowest BCUT2D eigenvalue weighted by atomic mass is 9.93. The lowest BCUT2D eigenvalue weighted by Gasteiger charge is -2.38. The number of quaternary nitrogens is 3. The Balaban J connectivity index is 1.04. The van der Waals surface area contributed by atoms with Crippen LogP contribution < -0.4 is 14.7 Å². The third-order valence-corrected chi connectivity index (χ3v) is 8.13. The van der Waals surface area contributed by atoms with Crippen LogP contribution in [0, 0.1) is 17.8 Å². The van der Waals surface area contributed by atoms with Gasteiger partial charge in [-0.2, -0.15) is 0 Å². The van der Waals surface area contributed by atoms with Crippen molar-refractivity contribution in [3.63, 3.8) is 0 Å². The van der Waals surface area contributed by atoms with Gasteiger partial charge in [0.1, 0.15) is 32.7 Å². The number of fused-ring (bicyclic) bond motifs is 2. The van der Waals surface area contributed by atoms with Crippen LogP contribution in [0.15, 0.2) is 42.5 Å². The zero-order valence-electron chi connectivity index (χ0n) is 16.8. The van der Waals surface area contributed by atoms with Crippen LogP contribution in [0.1, 0.15) is 31.2 Å². The highest BCUT2D eigenvalue weighted by Gasteiger charge is 2.39. The number of hydrogen-bond donors (Lipinski definition) is 3. The summed E-state index contributed by atoms with van der Waals surface area (Å²) in [7, 11) is 0. The molecule has 2 aliphatic carbocycles. The molecule has 27 heavy (non-hydrogen) atoms. The maximum Gasteiger partial charge on any atom is 0.127 e. The Hall–Kier alpha value is -1.16. The summed E-state index contributed by atoms with van der Waals surface area (Å²) in [4.78, 5) is 5.65. The largest absolute Gasteiger partial charge is 0.331 e. The van der Waals surface area contributed by atoms with E-state index >= 15 is 0 Å². The summed E-state index contributed by atoms with van der Waals surface area (Å²) < 4.78 is 0. The second-order valence-electron chi connectivity index (χ2n) is 9.84. The van der Waals surface area contributed by atoms with Crippen molar-refractivity contribution in [3.8, 4) is 0 Å². The molecule has 0 spiro atoms. The van der Waals surface area contributed by atoms with E-state index < -0.39 is 0 Å². The first-order valence-electron chi connectivity index (χ1n) is 11.6. The smallest absolute Gasteiger partial charge is 0.127 e. The molecule has 0 radical (unpaired) electrons. The van der Waals surface area contributed by atoms with Crippen molar-refractivity contribution in [2.75, 3.05) is 45.8 Å². The Morgan fingerprint density at radius 1 is 0.778 bits per heavy atom. The molecule has 146 valence electrons. The molecule has 0 amide bonds. The average molecular weight is 369 g/mol. The molecule has 2 saturated heterocycles. The molecule has 1 aromatic carbocycles. The second-order valence-corrected chi connectivity index (χ2v) is 9.84. The van der Waals surface area contributed by atoms with Gasteiger partial charge in [0.2, 0.25) is 0 Å². The number of nitrogens with one attached hydrogen (secondary N) is 3. The first kappa shape index (κ1) is 17.9. The number of likely N-dealkylation sites (tertiary alicyclic amines) is 1. The number of allylic oxidation sites excluding steroid dienone is 2. The quantitative estimate of drug-likeness (QED) is 0.565. The molecule has 0 unspecified atom stereocenters. The van der Waals surface area contributed by atoms with Crippen LogP contribution >= 0.6 is 0 Å². The van der Waals surface area contributed by atoms with Crippen molar-refractivity contribution in [3.05, 3.63) is 48.0 Å². The maximum absolute atomic E-state index is 2.53. The number of piperazine rings is 1. The third kappa shape index (κ3) is 4.16. The molecule has 2 heterocycles. The van der Waals surface area contributed by atoms with Crippen LogP contribution in [-0.2, 0) is 6.54 Å². The van der Waals surface area contributed by atoms with Gasteiger partial charge in [-0.15, -0.1) is 0 Å². The minimum Gasteiger partial charge on any atom is -0.331 e. The lowest BCUT2D eigenvalue weighted by Crippen LogP contribution is -3.30. The van der Waals surface area contributed by atoms with Crippen LogP contribution in [-0.4, -0.2) is 51.9 Å². The van der Waals surface area contributed by atoms with Gasteiger partial charge in [0.05, 0.1) is 25.7 Å². The average Bonchev–Trinajstić information content (AvgIpc) is 3.33. The van der Waals surface area contributed by atoms with Crippen LogP contribution in [0.2, 0.25) is 0 Å². The topological polar surface area (TPSA) is 13.3 Å². The van der Waals surface area contributed by atoms with Gasteiger partial charge in [-0.05, 0) is 24.7 Å². The SMILES string of the molecule is C1=C[C@H]2C[C@@H]1C[C@@H]2C[NH+]1CC[NH+](C2CC[NH+](Cc3ccccc3)CC2)CC1. The first-order valence-corrected chi connectivity index (χ1v) is 11.6. The minimum absolute atomic E-state index is 0.935. The van der Waals surface area contributed by atoms with Crippen molar-refractivity contribution < 1.29 is 14.7 Å². The summed E-state index contributed by atoms with van der Waals surface area (Å²) in [6.07, 6.45) is 10.9. The molecule has 3 heteroatoms. The van der Waals surface area contributed by atoms with E-state index in [1.54, 1.807) is 4.90 Å². The van der Waals surface area contributed by atoms with Gasteiger partial charge < -0.3 is 14.7 Å². The van der Waals surface area contributed by atoms with E-state index in [0.29, 0.717) is 0 Å². The van der Waals surface area contributed by atoms with Crippen molar-refractivity contribution in [2.45, 2.75) is 38.3 Å². The highest BCUT2D eigenvalue weighted by molar-refractivity contribution is 5.13. The molecule has 1 saturated carbocycles. The van der Waals surface area contributed by atoms with Gasteiger partial charge in [-0.25, -0.2) is 0 Å². The molecular weight excluding hydrogens is 330 g/mol. The van der Waals surface area contributed by atoms with Crippen LogP contribution in [0.25, 0.3) is 0 Å². The molecule has 3 N–H and O–H groups in total. The number of hydrogen-bond acceptors (Lipinski definition) is 0. The zero-order valence-corrected chi connectivity index (χ0v) is 16.8. The molecule has 0 aromatic heterocycles. The van der Waals surface area contributed by atoms with Crippen LogP contribution in [0.5, 0.6) is 0 Å². The monoisotopic (exact) mass is 368 g/mol. The van der Waals surface area contributed by atoms with E-state index in [-0.39, 0.29) is 0 Å². The molecule has 3 fully saturated rings. The van der Waals surface area contributed by atoms with Crippen LogP contribution in [0.4, 0.5) is 0 Å². The molecule has 1 aromatic rings. The Kier molecular flexibility index (Phi) is 5.35. The molecule has 2 aliphatic heterocycles. The molecule has 3 nitrogen and oxygen atoms in total. The number of rotatable bonds is 5. The molecule has 3 atom stereocenters. The van der Waals surface area contributed by atoms with Gasteiger partial charge in [0.15, 0.2) is 0 Å². The van der Waals surface area contributed by atoms with E-state index in [9.17, 15) is 0 Å². The van der Waals surface area contributed by atoms with E-state index in [0.717, 1.165) is 23.8 Å². The Morgan fingerprint density at radius 3 is 2.22 bits per heavy atom. The Bertz CT molecular complexity index is 626. The number of benzene rings is 1. The van der Waals surface area contributed by atoms with E-state index in [2.05, 4.69) is 42.5 Å². The van der Waals surface area contributed by atoms with Gasteiger partial charge in [-0.3, -0.25) is 0 Å². The van der Waals surface area contributed by atoms with Gasteiger partial charge in [0.25, 0.3) is 0 Å². The molecule has 2 bridgehead atoms. The first-order chi connectivity index (χ1) is 13.3. The molecule has 4 aliphatic rings. The fraction of sp³-hybridized carbons (Fsp3) is 0.667. The highest BCUT2D eigenvalue weighted by Crippen LogP contribution is 2.42. The molecule has 5 rings (SSSR count). The summed E-state index contributed by atoms with van der Waals surface area (Å²) >= 11 is 0. The maximum atomic E-state index is 2.53. The lowest BCUT2D eigenvalue weighted by molar-refractivity contribution is -1.03. The van der Waals surface area contributed by atoms with Crippen molar-refractivity contribution in [1.82, 2.24) is 0 Å². The summed E-state index contributed by atoms with van der Waals surface area (Å²) in [5.41, 5.74) is 1.51. The van der Waals surface area contributed by atoms with E-state index in [1.807, 2.05) is 9.80 Å². The van der Waals surface area contributed by atoms with Crippen molar-refractivity contribution in [1.29, 1.82) is 0 Å². The predicted octanol–water partition coefficient (Wildman–Crippen LogP) is -0.770. The number of piperidine rings is 1. The van der Waals surface area contributed by atoms with Gasteiger partial charge >= 0.3 is 0 Å². The van der Waals surface area contributed by atoms with Crippen LogP contribution in [0.3, 0.4) is 0 Å². The normalized spacial score (nSPS) is 41.1. The summed E-state index contributed by atoms with van der Waals surface area (Å²) in [5.74, 6) is 2.88. The van der Waals surface area contributed by atoms with Crippen molar-refractivity contribution >= 4 is 0 Å². The Labute approximate surface area is 165 Å². The minimum atomic E-state index is 0.935. The summed E-state index contributed by atoms with van der Waals surface area (Å²) in [5, 5.41) is 0. The zero-order chi connectivity index (χ0) is 18.1. The third-order valence-electron chi connectivity index (χ3n) is 8.13.